The molecule has 1 saturated heterocycles. The Morgan fingerprint density at radius 3 is 2.65 bits per heavy atom. The number of rotatable bonds is 3. The van der Waals surface area contributed by atoms with Crippen molar-refractivity contribution in [3.63, 3.8) is 0 Å². The van der Waals surface area contributed by atoms with Gasteiger partial charge in [-0.2, -0.15) is 9.57 Å². The molecule has 0 aliphatic carbocycles. The molecule has 1 aliphatic rings. The van der Waals surface area contributed by atoms with Crippen LogP contribution in [0, 0.1) is 11.5 Å². The van der Waals surface area contributed by atoms with Crippen molar-refractivity contribution >= 4 is 32.6 Å². The van der Waals surface area contributed by atoms with Crippen LogP contribution in [0.1, 0.15) is 26.2 Å². The van der Waals surface area contributed by atoms with Crippen LogP contribution < -0.4 is 5.32 Å². The number of hydrogen-bond donors (Lipinski definition) is 1. The molecule has 1 aliphatic heterocycles. The molecule has 1 fully saturated rings. The number of benzene rings is 1. The van der Waals surface area contributed by atoms with Crippen molar-refractivity contribution in [3.05, 3.63) is 24.3 Å². The second kappa shape index (κ2) is 7.81. The molecule has 1 aromatic rings. The molecule has 0 spiro atoms. The lowest BCUT2D eigenvalue weighted by Gasteiger charge is -2.32. The molecule has 0 radical (unpaired) electrons. The highest BCUT2D eigenvalue weighted by Crippen LogP contribution is 2.26. The largest absolute Gasteiger partial charge is 0.271 e. The Kier molecular flexibility index (Phi) is 6.04. The summed E-state index contributed by atoms with van der Waals surface area (Å²) in [4.78, 5) is 4.54. The second-order valence-corrected chi connectivity index (χ2v) is 8.00. The van der Waals surface area contributed by atoms with Crippen LogP contribution >= 0.6 is 11.8 Å². The van der Waals surface area contributed by atoms with E-state index in [0.29, 0.717) is 17.4 Å². The van der Waals surface area contributed by atoms with Crippen molar-refractivity contribution in [1.29, 1.82) is 5.26 Å². The van der Waals surface area contributed by atoms with Gasteiger partial charge in [0.1, 0.15) is 0 Å². The van der Waals surface area contributed by atoms with Gasteiger partial charge >= 0.3 is 0 Å². The topological polar surface area (TPSA) is 85.6 Å². The predicted molar refractivity (Wildman–Crippen MR) is 93.0 cm³/mol. The molecular formula is C15H20N4O2S2. The summed E-state index contributed by atoms with van der Waals surface area (Å²) < 4.78 is 27.0. The minimum atomic E-state index is -3.46. The lowest BCUT2D eigenvalue weighted by molar-refractivity contribution is 0.268. The number of sulfonamides is 1. The van der Waals surface area contributed by atoms with Gasteiger partial charge in [-0.05, 0) is 50.3 Å². The number of aliphatic imine (C=N–C) groups is 1. The zero-order chi connectivity index (χ0) is 16.9. The monoisotopic (exact) mass is 352 g/mol. The van der Waals surface area contributed by atoms with Crippen molar-refractivity contribution in [2.75, 3.05) is 12.8 Å². The van der Waals surface area contributed by atoms with Crippen LogP contribution in [0.4, 0.5) is 5.69 Å². The molecule has 0 bridgehead atoms. The maximum Gasteiger partial charge on any atom is 0.243 e. The molecule has 1 atom stereocenters. The highest BCUT2D eigenvalue weighted by Gasteiger charge is 2.30. The van der Waals surface area contributed by atoms with Gasteiger partial charge < -0.3 is 0 Å². The normalized spacial score (nSPS) is 20.0. The fraction of sp³-hybridized carbons (Fsp3) is 0.467. The van der Waals surface area contributed by atoms with E-state index in [4.69, 9.17) is 5.26 Å². The van der Waals surface area contributed by atoms with Crippen LogP contribution in [0.3, 0.4) is 0 Å². The fourth-order valence-electron chi connectivity index (χ4n) is 2.55. The van der Waals surface area contributed by atoms with E-state index in [-0.39, 0.29) is 10.9 Å². The molecule has 124 valence electrons. The molecule has 1 N–H and O–H groups in total. The van der Waals surface area contributed by atoms with Gasteiger partial charge in [0.2, 0.25) is 10.0 Å². The highest BCUT2D eigenvalue weighted by atomic mass is 32.2. The number of nitriles is 1. The van der Waals surface area contributed by atoms with Gasteiger partial charge in [-0.25, -0.2) is 13.4 Å². The van der Waals surface area contributed by atoms with Crippen LogP contribution in [0.15, 0.2) is 34.2 Å². The van der Waals surface area contributed by atoms with Crippen LogP contribution in [0.5, 0.6) is 0 Å². The number of piperidine rings is 1. The van der Waals surface area contributed by atoms with Crippen molar-refractivity contribution < 1.29 is 8.42 Å². The first-order chi connectivity index (χ1) is 11.0. The van der Waals surface area contributed by atoms with Crippen molar-refractivity contribution in [1.82, 2.24) is 9.62 Å². The van der Waals surface area contributed by atoms with Crippen LogP contribution in [-0.2, 0) is 10.0 Å². The molecule has 0 aromatic heterocycles. The Hall–Kier alpha value is -1.56. The van der Waals surface area contributed by atoms with Crippen LogP contribution in [-0.4, -0.2) is 36.7 Å². The summed E-state index contributed by atoms with van der Waals surface area (Å²) in [5, 5.41) is 11.6. The molecular weight excluding hydrogens is 332 g/mol. The summed E-state index contributed by atoms with van der Waals surface area (Å²) in [5.74, 6) is 0. The van der Waals surface area contributed by atoms with Crippen molar-refractivity contribution in [2.45, 2.75) is 37.1 Å². The number of amidine groups is 1. The second-order valence-electron chi connectivity index (χ2n) is 5.31. The van der Waals surface area contributed by atoms with Crippen LogP contribution in [0.25, 0.3) is 0 Å². The Morgan fingerprint density at radius 1 is 1.39 bits per heavy atom. The minimum Gasteiger partial charge on any atom is -0.271 e. The third-order valence-corrected chi connectivity index (χ3v) is 6.38. The molecule has 1 aromatic carbocycles. The zero-order valence-electron chi connectivity index (χ0n) is 13.2. The maximum absolute atomic E-state index is 12.7. The summed E-state index contributed by atoms with van der Waals surface area (Å²) in [6, 6.07) is 6.47. The summed E-state index contributed by atoms with van der Waals surface area (Å²) in [6.07, 6.45) is 6.50. The van der Waals surface area contributed by atoms with Gasteiger partial charge in [0.15, 0.2) is 11.4 Å². The van der Waals surface area contributed by atoms with E-state index >= 15 is 0 Å². The summed E-state index contributed by atoms with van der Waals surface area (Å²) in [5.41, 5.74) is 0.600. The van der Waals surface area contributed by atoms with Gasteiger partial charge in [0.05, 0.1) is 10.6 Å². The first-order valence-corrected chi connectivity index (χ1v) is 10.0. The van der Waals surface area contributed by atoms with E-state index < -0.39 is 10.0 Å². The Morgan fingerprint density at radius 2 is 2.09 bits per heavy atom. The standard InChI is InChI=1S/C15H20N4O2S2/c1-12-5-3-4-10-19(12)23(20,21)14-8-6-13(7-9-14)18-15(22-2)17-11-16/h6-9,12H,3-5,10H2,1-2H3,(H,17,18). The first kappa shape index (κ1) is 17.8. The molecule has 1 unspecified atom stereocenters. The quantitative estimate of drug-likeness (QED) is 0.391. The van der Waals surface area contributed by atoms with Crippen molar-refractivity contribution in [2.24, 2.45) is 4.99 Å². The third-order valence-electron chi connectivity index (χ3n) is 3.77. The van der Waals surface area contributed by atoms with Crippen LogP contribution in [0.2, 0.25) is 0 Å². The third kappa shape index (κ3) is 4.25. The van der Waals surface area contributed by atoms with E-state index in [1.807, 2.05) is 13.1 Å². The molecule has 0 amide bonds. The summed E-state index contributed by atoms with van der Waals surface area (Å²) >= 11 is 1.31. The van der Waals surface area contributed by atoms with E-state index in [1.54, 1.807) is 34.8 Å². The number of thioether (sulfide) groups is 1. The minimum absolute atomic E-state index is 0.0365. The van der Waals surface area contributed by atoms with Gasteiger partial charge in [-0.15, -0.1) is 0 Å². The highest BCUT2D eigenvalue weighted by molar-refractivity contribution is 8.13. The molecule has 2 rings (SSSR count). The van der Waals surface area contributed by atoms with Gasteiger partial charge in [0, 0.05) is 12.6 Å². The average Bonchev–Trinajstić information content (AvgIpc) is 2.55. The Labute approximate surface area is 141 Å². The van der Waals surface area contributed by atoms with Gasteiger partial charge in [-0.3, -0.25) is 5.32 Å². The molecule has 8 heteroatoms. The molecule has 23 heavy (non-hydrogen) atoms. The fourth-order valence-corrected chi connectivity index (χ4v) is 4.59. The lowest BCUT2D eigenvalue weighted by Crippen LogP contribution is -2.41. The number of hydrogen-bond acceptors (Lipinski definition) is 5. The first-order valence-electron chi connectivity index (χ1n) is 7.38. The smallest absolute Gasteiger partial charge is 0.243 e. The molecule has 6 nitrogen and oxygen atoms in total. The molecule has 0 saturated carbocycles. The zero-order valence-corrected chi connectivity index (χ0v) is 14.8. The lowest BCUT2D eigenvalue weighted by atomic mass is 10.1. The summed E-state index contributed by atoms with van der Waals surface area (Å²) in [6.45, 7) is 2.53. The van der Waals surface area contributed by atoms with E-state index in [2.05, 4.69) is 10.3 Å². The maximum atomic E-state index is 12.7. The average molecular weight is 352 g/mol. The SMILES string of the molecule is CSC(=Nc1ccc(S(=O)(=O)N2CCCCC2C)cc1)NC#N. The van der Waals surface area contributed by atoms with Gasteiger partial charge in [-0.1, -0.05) is 18.2 Å². The van der Waals surface area contributed by atoms with Crippen molar-refractivity contribution in [3.8, 4) is 6.19 Å². The Balaban J connectivity index is 2.23. The summed E-state index contributed by atoms with van der Waals surface area (Å²) in [7, 11) is -3.46. The molecule has 1 heterocycles. The van der Waals surface area contributed by atoms with E-state index in [9.17, 15) is 8.42 Å². The number of nitrogens with zero attached hydrogens (tertiary/aromatic N) is 3. The van der Waals surface area contributed by atoms with Gasteiger partial charge in [0.25, 0.3) is 0 Å². The Bertz CT molecular complexity index is 708. The van der Waals surface area contributed by atoms with E-state index in [0.717, 1.165) is 19.3 Å². The van der Waals surface area contributed by atoms with E-state index in [1.165, 1.54) is 11.8 Å². The predicted octanol–water partition coefficient (Wildman–Crippen LogP) is 2.67. The number of nitrogens with one attached hydrogen (secondary N) is 1.